The Kier molecular flexibility index (Phi) is 4.85. The molecule has 1 saturated carbocycles. The fourth-order valence-electron chi connectivity index (χ4n) is 2.30. The summed E-state index contributed by atoms with van der Waals surface area (Å²) < 4.78 is 16.3. The molecule has 0 aromatic carbocycles. The van der Waals surface area contributed by atoms with E-state index in [9.17, 15) is 0 Å². The van der Waals surface area contributed by atoms with Gasteiger partial charge in [-0.05, 0) is 6.42 Å². The average molecular weight is 201 g/mol. The van der Waals surface area contributed by atoms with E-state index in [0.717, 1.165) is 12.8 Å². The van der Waals surface area contributed by atoms with E-state index in [0.29, 0.717) is 5.92 Å². The minimum absolute atomic E-state index is 0.226. The molecule has 1 aliphatic carbocycles. The third-order valence-corrected chi connectivity index (χ3v) is 3.17. The molecule has 0 aromatic heterocycles. The SMILES string of the molecule is C[CH]C1C(OC)CC(OC)CC1OC. The lowest BCUT2D eigenvalue weighted by molar-refractivity contribution is -0.0996. The van der Waals surface area contributed by atoms with Crippen molar-refractivity contribution in [2.45, 2.75) is 38.1 Å². The molecule has 1 radical (unpaired) electrons. The molecule has 0 N–H and O–H groups in total. The molecule has 0 spiro atoms. The molecule has 0 aliphatic heterocycles. The van der Waals surface area contributed by atoms with Gasteiger partial charge in [0.1, 0.15) is 0 Å². The van der Waals surface area contributed by atoms with Crippen molar-refractivity contribution < 1.29 is 14.2 Å². The zero-order chi connectivity index (χ0) is 10.6. The lowest BCUT2D eigenvalue weighted by Crippen LogP contribution is -2.44. The van der Waals surface area contributed by atoms with Crippen molar-refractivity contribution in [3.05, 3.63) is 6.42 Å². The Morgan fingerprint density at radius 2 is 1.43 bits per heavy atom. The van der Waals surface area contributed by atoms with Crippen molar-refractivity contribution in [2.75, 3.05) is 21.3 Å². The second kappa shape index (κ2) is 5.69. The van der Waals surface area contributed by atoms with Crippen molar-refractivity contribution in [3.63, 3.8) is 0 Å². The van der Waals surface area contributed by atoms with Crippen molar-refractivity contribution in [3.8, 4) is 0 Å². The normalized spacial score (nSPS) is 38.6. The van der Waals surface area contributed by atoms with Gasteiger partial charge in [0, 0.05) is 40.1 Å². The molecule has 83 valence electrons. The molecule has 0 aromatic rings. The van der Waals surface area contributed by atoms with Gasteiger partial charge in [-0.1, -0.05) is 6.92 Å². The van der Waals surface area contributed by atoms with E-state index in [2.05, 4.69) is 13.3 Å². The third kappa shape index (κ3) is 2.47. The summed E-state index contributed by atoms with van der Waals surface area (Å²) in [5.74, 6) is 0.386. The van der Waals surface area contributed by atoms with Crippen molar-refractivity contribution >= 4 is 0 Å². The molecule has 1 aliphatic rings. The van der Waals surface area contributed by atoms with E-state index in [4.69, 9.17) is 14.2 Å². The van der Waals surface area contributed by atoms with Crippen molar-refractivity contribution in [2.24, 2.45) is 5.92 Å². The van der Waals surface area contributed by atoms with Crippen LogP contribution in [0.5, 0.6) is 0 Å². The Balaban J connectivity index is 2.63. The second-order valence-corrected chi connectivity index (χ2v) is 3.79. The summed E-state index contributed by atoms with van der Waals surface area (Å²) in [6, 6.07) is 0. The number of ether oxygens (including phenoxy) is 3. The molecular weight excluding hydrogens is 180 g/mol. The van der Waals surface area contributed by atoms with Crippen LogP contribution in [0.3, 0.4) is 0 Å². The topological polar surface area (TPSA) is 27.7 Å². The molecular formula is C11H21O3. The van der Waals surface area contributed by atoms with E-state index in [1.807, 2.05) is 0 Å². The Hall–Kier alpha value is -0.120. The van der Waals surface area contributed by atoms with E-state index in [1.165, 1.54) is 0 Å². The first-order valence-corrected chi connectivity index (χ1v) is 5.14. The van der Waals surface area contributed by atoms with Crippen LogP contribution in [0.2, 0.25) is 0 Å². The molecule has 2 unspecified atom stereocenters. The summed E-state index contributed by atoms with van der Waals surface area (Å²) in [7, 11) is 5.26. The highest BCUT2D eigenvalue weighted by Gasteiger charge is 2.37. The Morgan fingerprint density at radius 1 is 0.929 bits per heavy atom. The summed E-state index contributed by atoms with van der Waals surface area (Å²) in [5, 5.41) is 0. The van der Waals surface area contributed by atoms with Gasteiger partial charge in [-0.2, -0.15) is 0 Å². The van der Waals surface area contributed by atoms with E-state index < -0.39 is 0 Å². The zero-order valence-corrected chi connectivity index (χ0v) is 9.53. The predicted octanol–water partition coefficient (Wildman–Crippen LogP) is 1.67. The van der Waals surface area contributed by atoms with Gasteiger partial charge >= 0.3 is 0 Å². The lowest BCUT2D eigenvalue weighted by Gasteiger charge is -2.39. The van der Waals surface area contributed by atoms with Crippen LogP contribution in [0.4, 0.5) is 0 Å². The minimum atomic E-state index is 0.226. The van der Waals surface area contributed by atoms with Crippen LogP contribution in [0.1, 0.15) is 19.8 Å². The van der Waals surface area contributed by atoms with Gasteiger partial charge in [-0.25, -0.2) is 0 Å². The van der Waals surface area contributed by atoms with E-state index in [-0.39, 0.29) is 18.3 Å². The maximum atomic E-state index is 5.47. The summed E-state index contributed by atoms with van der Waals surface area (Å²) in [5.41, 5.74) is 0. The largest absolute Gasteiger partial charge is 0.381 e. The first-order chi connectivity index (χ1) is 6.76. The first-order valence-electron chi connectivity index (χ1n) is 5.14. The van der Waals surface area contributed by atoms with Crippen LogP contribution in [0.25, 0.3) is 0 Å². The fourth-order valence-corrected chi connectivity index (χ4v) is 2.30. The highest BCUT2D eigenvalue weighted by atomic mass is 16.5. The summed E-state index contributed by atoms with van der Waals surface area (Å²) in [4.78, 5) is 0. The van der Waals surface area contributed by atoms with Gasteiger partial charge in [0.15, 0.2) is 0 Å². The Labute approximate surface area is 86.7 Å². The summed E-state index contributed by atoms with van der Waals surface area (Å²) >= 11 is 0. The van der Waals surface area contributed by atoms with Gasteiger partial charge in [0.25, 0.3) is 0 Å². The second-order valence-electron chi connectivity index (χ2n) is 3.79. The van der Waals surface area contributed by atoms with E-state index >= 15 is 0 Å². The molecule has 3 heteroatoms. The average Bonchev–Trinajstić information content (AvgIpc) is 2.26. The third-order valence-electron chi connectivity index (χ3n) is 3.17. The molecule has 0 amide bonds. The highest BCUT2D eigenvalue weighted by Crippen LogP contribution is 2.31. The maximum absolute atomic E-state index is 5.47. The van der Waals surface area contributed by atoms with Crippen LogP contribution in [-0.4, -0.2) is 39.6 Å². The fraction of sp³-hybridized carbons (Fsp3) is 0.909. The first kappa shape index (κ1) is 12.0. The Bertz CT molecular complexity index is 147. The van der Waals surface area contributed by atoms with Gasteiger partial charge in [0.2, 0.25) is 0 Å². The van der Waals surface area contributed by atoms with Crippen molar-refractivity contribution in [1.82, 2.24) is 0 Å². The van der Waals surface area contributed by atoms with Crippen LogP contribution in [-0.2, 0) is 14.2 Å². The molecule has 3 nitrogen and oxygen atoms in total. The smallest absolute Gasteiger partial charge is 0.0651 e. The number of hydrogen-bond acceptors (Lipinski definition) is 3. The van der Waals surface area contributed by atoms with Crippen LogP contribution >= 0.6 is 0 Å². The van der Waals surface area contributed by atoms with Gasteiger partial charge in [-0.15, -0.1) is 0 Å². The number of hydrogen-bond donors (Lipinski definition) is 0. The number of rotatable bonds is 4. The lowest BCUT2D eigenvalue weighted by atomic mass is 9.80. The molecule has 1 rings (SSSR count). The standard InChI is InChI=1S/C11H21O3/c1-5-9-10(13-3)6-8(12-2)7-11(9)14-4/h5,8-11H,6-7H2,1-4H3. The summed E-state index contributed by atoms with van der Waals surface area (Å²) in [6.07, 6.45) is 4.81. The van der Waals surface area contributed by atoms with Crippen LogP contribution < -0.4 is 0 Å². The Morgan fingerprint density at radius 3 is 1.71 bits per heavy atom. The molecule has 14 heavy (non-hydrogen) atoms. The van der Waals surface area contributed by atoms with Gasteiger partial charge in [0.05, 0.1) is 18.3 Å². The monoisotopic (exact) mass is 201 g/mol. The molecule has 1 fully saturated rings. The van der Waals surface area contributed by atoms with E-state index in [1.54, 1.807) is 21.3 Å². The van der Waals surface area contributed by atoms with Crippen molar-refractivity contribution in [1.29, 1.82) is 0 Å². The number of methoxy groups -OCH3 is 3. The molecule has 0 heterocycles. The quantitative estimate of drug-likeness (QED) is 0.692. The van der Waals surface area contributed by atoms with Gasteiger partial charge in [-0.3, -0.25) is 0 Å². The summed E-state index contributed by atoms with van der Waals surface area (Å²) in [6.45, 7) is 2.07. The molecule has 0 saturated heterocycles. The van der Waals surface area contributed by atoms with Gasteiger partial charge < -0.3 is 14.2 Å². The molecule has 0 bridgehead atoms. The highest BCUT2D eigenvalue weighted by molar-refractivity contribution is 4.93. The molecule has 2 atom stereocenters. The van der Waals surface area contributed by atoms with Crippen LogP contribution in [0, 0.1) is 12.3 Å². The minimum Gasteiger partial charge on any atom is -0.381 e. The predicted molar refractivity (Wildman–Crippen MR) is 55.1 cm³/mol. The maximum Gasteiger partial charge on any atom is 0.0651 e. The van der Waals surface area contributed by atoms with Crippen LogP contribution in [0.15, 0.2) is 0 Å². The zero-order valence-electron chi connectivity index (χ0n) is 9.53.